The fraction of sp³-hybridized carbons (Fsp3) is 0.389. The lowest BCUT2D eigenvalue weighted by Crippen LogP contribution is -2.45. The van der Waals surface area contributed by atoms with E-state index in [1.165, 1.54) is 18.5 Å². The van der Waals surface area contributed by atoms with Crippen LogP contribution in [-0.4, -0.2) is 47.2 Å². The zero-order valence-electron chi connectivity index (χ0n) is 14.3. The van der Waals surface area contributed by atoms with Gasteiger partial charge >= 0.3 is 0 Å². The zero-order valence-corrected chi connectivity index (χ0v) is 15.1. The smallest absolute Gasteiger partial charge is 0.182 e. The number of nitrogens with zero attached hydrogens (tertiary/aromatic N) is 4. The van der Waals surface area contributed by atoms with Crippen molar-refractivity contribution in [3.05, 3.63) is 52.7 Å². The van der Waals surface area contributed by atoms with Crippen molar-refractivity contribution in [2.45, 2.75) is 19.1 Å². The second kappa shape index (κ2) is 8.41. The van der Waals surface area contributed by atoms with Gasteiger partial charge in [0.1, 0.15) is 11.9 Å². The molecule has 0 spiro atoms. The Morgan fingerprint density at radius 1 is 1.46 bits per heavy atom. The van der Waals surface area contributed by atoms with Gasteiger partial charge in [0.2, 0.25) is 0 Å². The zero-order chi connectivity index (χ0) is 18.5. The lowest BCUT2D eigenvalue weighted by molar-refractivity contribution is -0.0331. The molecular formula is C18H19ClFN5O. The molecule has 2 aromatic rings. The molecule has 1 N–H and O–H groups in total. The topological polar surface area (TPSA) is 74.1 Å². The van der Waals surface area contributed by atoms with E-state index in [1.807, 2.05) is 13.0 Å². The molecule has 2 heterocycles. The summed E-state index contributed by atoms with van der Waals surface area (Å²) in [6.45, 7) is 4.20. The van der Waals surface area contributed by atoms with Gasteiger partial charge < -0.3 is 10.1 Å². The fourth-order valence-electron chi connectivity index (χ4n) is 3.11. The summed E-state index contributed by atoms with van der Waals surface area (Å²) in [5.74, 6) is 0.0110. The van der Waals surface area contributed by atoms with E-state index in [2.05, 4.69) is 20.2 Å². The van der Waals surface area contributed by atoms with E-state index in [1.54, 1.807) is 12.1 Å². The quantitative estimate of drug-likeness (QED) is 0.865. The lowest BCUT2D eigenvalue weighted by Gasteiger charge is -2.38. The number of ether oxygens (including phenoxy) is 1. The van der Waals surface area contributed by atoms with Gasteiger partial charge in [0, 0.05) is 42.6 Å². The summed E-state index contributed by atoms with van der Waals surface area (Å²) in [7, 11) is 0. The highest BCUT2D eigenvalue weighted by Crippen LogP contribution is 2.31. The van der Waals surface area contributed by atoms with E-state index in [4.69, 9.17) is 16.3 Å². The molecule has 0 radical (unpaired) electrons. The van der Waals surface area contributed by atoms with Gasteiger partial charge in [-0.3, -0.25) is 4.90 Å². The van der Waals surface area contributed by atoms with Crippen molar-refractivity contribution in [2.75, 3.05) is 31.6 Å². The van der Waals surface area contributed by atoms with Crippen LogP contribution in [0.2, 0.25) is 5.02 Å². The van der Waals surface area contributed by atoms with Crippen LogP contribution in [0, 0.1) is 17.1 Å². The maximum absolute atomic E-state index is 14.6. The first-order chi connectivity index (χ1) is 12.6. The average Bonchev–Trinajstić information content (AvgIpc) is 2.64. The number of nitriles is 1. The van der Waals surface area contributed by atoms with E-state index in [-0.39, 0.29) is 23.7 Å². The number of hydrogen-bond donors (Lipinski definition) is 1. The van der Waals surface area contributed by atoms with Gasteiger partial charge in [0.15, 0.2) is 11.5 Å². The first kappa shape index (κ1) is 18.5. The Labute approximate surface area is 156 Å². The molecular weight excluding hydrogens is 357 g/mol. The molecule has 0 amide bonds. The van der Waals surface area contributed by atoms with Crippen molar-refractivity contribution < 1.29 is 9.13 Å². The van der Waals surface area contributed by atoms with Crippen molar-refractivity contribution in [3.8, 4) is 6.07 Å². The van der Waals surface area contributed by atoms with Crippen molar-refractivity contribution in [1.82, 2.24) is 14.9 Å². The van der Waals surface area contributed by atoms with E-state index in [0.29, 0.717) is 42.6 Å². The van der Waals surface area contributed by atoms with Crippen LogP contribution in [0.1, 0.15) is 24.2 Å². The summed E-state index contributed by atoms with van der Waals surface area (Å²) in [5.41, 5.74) is 0.624. The highest BCUT2D eigenvalue weighted by atomic mass is 35.5. The van der Waals surface area contributed by atoms with Crippen LogP contribution in [0.5, 0.6) is 0 Å². The van der Waals surface area contributed by atoms with E-state index >= 15 is 0 Å². The molecule has 3 rings (SSSR count). The number of benzene rings is 1. The minimum atomic E-state index is -0.358. The van der Waals surface area contributed by atoms with Gasteiger partial charge in [0.05, 0.1) is 18.8 Å². The fourth-order valence-corrected chi connectivity index (χ4v) is 3.40. The molecule has 1 aromatic carbocycles. The Kier molecular flexibility index (Phi) is 5.99. The van der Waals surface area contributed by atoms with Crippen LogP contribution in [0.25, 0.3) is 0 Å². The number of morpholine rings is 1. The van der Waals surface area contributed by atoms with Gasteiger partial charge in [-0.05, 0) is 19.1 Å². The van der Waals surface area contributed by atoms with Crippen LogP contribution in [-0.2, 0) is 4.74 Å². The largest absolute Gasteiger partial charge is 0.376 e. The normalized spacial score (nSPS) is 18.9. The first-order valence-electron chi connectivity index (χ1n) is 8.34. The summed E-state index contributed by atoms with van der Waals surface area (Å²) >= 11 is 6.31. The number of hydrogen-bond acceptors (Lipinski definition) is 6. The summed E-state index contributed by atoms with van der Waals surface area (Å²) in [5, 5.41) is 12.7. The molecule has 1 saturated heterocycles. The maximum atomic E-state index is 14.6. The molecule has 2 atom stereocenters. The average molecular weight is 376 g/mol. The number of nitrogens with one attached hydrogen (secondary N) is 1. The number of rotatable bonds is 5. The van der Waals surface area contributed by atoms with Crippen LogP contribution in [0.3, 0.4) is 0 Å². The van der Waals surface area contributed by atoms with Crippen molar-refractivity contribution in [3.63, 3.8) is 0 Å². The third-order valence-corrected chi connectivity index (χ3v) is 4.64. The number of aromatic nitrogens is 2. The highest BCUT2D eigenvalue weighted by molar-refractivity contribution is 6.31. The molecule has 1 aromatic heterocycles. The molecule has 2 unspecified atom stereocenters. The minimum absolute atomic E-state index is 0.0444. The predicted molar refractivity (Wildman–Crippen MR) is 96.4 cm³/mol. The summed E-state index contributed by atoms with van der Waals surface area (Å²) < 4.78 is 20.2. The highest BCUT2D eigenvalue weighted by Gasteiger charge is 2.29. The van der Waals surface area contributed by atoms with Gasteiger partial charge in [-0.25, -0.2) is 14.4 Å². The van der Waals surface area contributed by atoms with Gasteiger partial charge in [0.25, 0.3) is 0 Å². The third-order valence-electron chi connectivity index (χ3n) is 4.31. The maximum Gasteiger partial charge on any atom is 0.182 e. The third kappa shape index (κ3) is 4.10. The Morgan fingerprint density at radius 2 is 2.27 bits per heavy atom. The number of halogens is 2. The Morgan fingerprint density at radius 3 is 3.00 bits per heavy atom. The molecule has 136 valence electrons. The Hall–Kier alpha value is -2.27. The summed E-state index contributed by atoms with van der Waals surface area (Å²) in [6, 6.07) is 6.34. The van der Waals surface area contributed by atoms with E-state index < -0.39 is 0 Å². The van der Waals surface area contributed by atoms with Crippen molar-refractivity contribution >= 4 is 17.4 Å². The van der Waals surface area contributed by atoms with E-state index in [0.717, 1.165) is 0 Å². The van der Waals surface area contributed by atoms with Crippen molar-refractivity contribution in [1.29, 1.82) is 5.26 Å². The first-order valence-corrected chi connectivity index (χ1v) is 8.72. The molecule has 0 bridgehead atoms. The molecule has 1 aliphatic heterocycles. The second-order valence-electron chi connectivity index (χ2n) is 6.07. The molecule has 0 aliphatic carbocycles. The molecule has 26 heavy (non-hydrogen) atoms. The van der Waals surface area contributed by atoms with Crippen LogP contribution >= 0.6 is 11.6 Å². The monoisotopic (exact) mass is 375 g/mol. The SMILES string of the molecule is CC1CN(C(CNc2nccnc2C#N)c2c(F)cccc2Cl)CCO1. The van der Waals surface area contributed by atoms with Crippen molar-refractivity contribution in [2.24, 2.45) is 0 Å². The standard InChI is InChI=1S/C18H19ClFN5O/c1-12-11-25(7-8-26-12)16(17-13(19)3-2-4-14(17)20)10-24-18-15(9-21)22-5-6-23-18/h2-6,12,16H,7-8,10-11H2,1H3,(H,23,24). The Balaban J connectivity index is 1.89. The van der Waals surface area contributed by atoms with Gasteiger partial charge in [-0.2, -0.15) is 5.26 Å². The minimum Gasteiger partial charge on any atom is -0.376 e. The number of anilines is 1. The molecule has 1 aliphatic rings. The van der Waals surface area contributed by atoms with Gasteiger partial charge in [-0.1, -0.05) is 17.7 Å². The van der Waals surface area contributed by atoms with Crippen LogP contribution in [0.15, 0.2) is 30.6 Å². The van der Waals surface area contributed by atoms with Crippen LogP contribution < -0.4 is 5.32 Å². The summed E-state index contributed by atoms with van der Waals surface area (Å²) in [4.78, 5) is 10.3. The van der Waals surface area contributed by atoms with Crippen LogP contribution in [0.4, 0.5) is 10.2 Å². The second-order valence-corrected chi connectivity index (χ2v) is 6.48. The molecule has 0 saturated carbocycles. The van der Waals surface area contributed by atoms with Gasteiger partial charge in [-0.15, -0.1) is 0 Å². The molecule has 6 nitrogen and oxygen atoms in total. The molecule has 1 fully saturated rings. The summed E-state index contributed by atoms with van der Waals surface area (Å²) in [6.07, 6.45) is 3.01. The Bertz CT molecular complexity index is 792. The van der Waals surface area contributed by atoms with E-state index in [9.17, 15) is 9.65 Å². The molecule has 8 heteroatoms. The lowest BCUT2D eigenvalue weighted by atomic mass is 10.0. The predicted octanol–water partition coefficient (Wildman–Crippen LogP) is 3.01.